The molecule has 0 aliphatic heterocycles. The number of hydrogen-bond acceptors (Lipinski definition) is 4. The van der Waals surface area contributed by atoms with E-state index in [1.165, 1.54) is 24.3 Å². The van der Waals surface area contributed by atoms with Crippen LogP contribution in [0, 0.1) is 22.7 Å². The molecule has 2 rings (SSSR count). The highest BCUT2D eigenvalue weighted by Crippen LogP contribution is 2.35. The Kier molecular flexibility index (Phi) is 7.98. The van der Waals surface area contributed by atoms with Crippen molar-refractivity contribution in [3.05, 3.63) is 58.7 Å². The topological polar surface area (TPSA) is 66.0 Å². The monoisotopic (exact) mass is 456 g/mol. The van der Waals surface area contributed by atoms with Crippen LogP contribution < -0.4 is 9.47 Å². The highest BCUT2D eigenvalue weighted by atomic mass is 19.4. The Morgan fingerprint density at radius 3 is 1.81 bits per heavy atom. The molecule has 0 radical (unpaired) electrons. The van der Waals surface area contributed by atoms with Crippen molar-refractivity contribution in [2.24, 2.45) is 0 Å². The van der Waals surface area contributed by atoms with Crippen molar-refractivity contribution < 1.29 is 35.8 Å². The van der Waals surface area contributed by atoms with Crippen LogP contribution >= 0.6 is 0 Å². The minimum atomic E-state index is -4.68. The zero-order valence-corrected chi connectivity index (χ0v) is 16.8. The van der Waals surface area contributed by atoms with Gasteiger partial charge in [0.1, 0.15) is 11.5 Å². The van der Waals surface area contributed by atoms with Gasteiger partial charge in [0.2, 0.25) is 0 Å². The maximum absolute atomic E-state index is 13.0. The first-order valence-electron chi connectivity index (χ1n) is 9.48. The summed E-state index contributed by atoms with van der Waals surface area (Å²) in [5.41, 5.74) is -3.13. The average molecular weight is 456 g/mol. The second kappa shape index (κ2) is 10.3. The molecule has 10 heteroatoms. The minimum Gasteiger partial charge on any atom is -0.494 e. The molecule has 0 aliphatic rings. The lowest BCUT2D eigenvalue weighted by Crippen LogP contribution is -2.14. The van der Waals surface area contributed by atoms with Crippen molar-refractivity contribution >= 4 is 0 Å². The third-order valence-corrected chi connectivity index (χ3v) is 4.44. The molecule has 0 spiro atoms. The Hall–Kier alpha value is -3.40. The molecule has 0 saturated heterocycles. The number of unbranched alkanes of at least 4 members (excludes halogenated alkanes) is 1. The Morgan fingerprint density at radius 2 is 1.31 bits per heavy atom. The lowest BCUT2D eigenvalue weighted by Gasteiger charge is -2.17. The third kappa shape index (κ3) is 6.81. The lowest BCUT2D eigenvalue weighted by molar-refractivity contribution is -0.138. The summed E-state index contributed by atoms with van der Waals surface area (Å²) in [6.07, 6.45) is -8.30. The summed E-state index contributed by atoms with van der Waals surface area (Å²) in [5, 5.41) is 17.6. The molecule has 0 fully saturated rings. The van der Waals surface area contributed by atoms with E-state index >= 15 is 0 Å². The van der Waals surface area contributed by atoms with E-state index in [0.29, 0.717) is 19.3 Å². The van der Waals surface area contributed by atoms with Gasteiger partial charge >= 0.3 is 12.4 Å². The van der Waals surface area contributed by atoms with Crippen LogP contribution in [0.1, 0.15) is 48.4 Å². The Bertz CT molecular complexity index is 1020. The van der Waals surface area contributed by atoms with Crippen LogP contribution in [0.4, 0.5) is 26.3 Å². The fourth-order valence-corrected chi connectivity index (χ4v) is 2.89. The van der Waals surface area contributed by atoms with Gasteiger partial charge in [0.05, 0.1) is 47.1 Å². The fourth-order valence-electron chi connectivity index (χ4n) is 2.89. The molecule has 2 aromatic rings. The molecule has 1 unspecified atom stereocenters. The zero-order chi connectivity index (χ0) is 23.9. The van der Waals surface area contributed by atoms with Gasteiger partial charge in [0, 0.05) is 0 Å². The van der Waals surface area contributed by atoms with Crippen molar-refractivity contribution in [1.82, 2.24) is 0 Å². The molecular weight excluding hydrogens is 438 g/mol. The number of nitrogens with zero attached hydrogens (tertiary/aromatic N) is 2. The van der Waals surface area contributed by atoms with Crippen LogP contribution in [0.25, 0.3) is 0 Å². The first-order chi connectivity index (χ1) is 15.0. The van der Waals surface area contributed by atoms with E-state index in [1.807, 2.05) is 0 Å². The number of ether oxygens (including phenoxy) is 2. The quantitative estimate of drug-likeness (QED) is 0.337. The summed E-state index contributed by atoms with van der Waals surface area (Å²) in [6.45, 7) is 1.79. The summed E-state index contributed by atoms with van der Waals surface area (Å²) in [4.78, 5) is 0. The van der Waals surface area contributed by atoms with Crippen LogP contribution in [0.15, 0.2) is 36.4 Å². The lowest BCUT2D eigenvalue weighted by atomic mass is 10.1. The van der Waals surface area contributed by atoms with Crippen LogP contribution in [0.5, 0.6) is 11.5 Å². The molecule has 2 aromatic carbocycles. The molecule has 32 heavy (non-hydrogen) atoms. The van der Waals surface area contributed by atoms with E-state index in [0.717, 1.165) is 24.3 Å². The van der Waals surface area contributed by atoms with E-state index in [2.05, 4.69) is 0 Å². The molecule has 0 heterocycles. The number of nitriles is 2. The Morgan fingerprint density at radius 1 is 0.812 bits per heavy atom. The molecule has 0 aromatic heterocycles. The minimum absolute atomic E-state index is 0.0158. The maximum Gasteiger partial charge on any atom is 0.417 e. The van der Waals surface area contributed by atoms with Gasteiger partial charge in [-0.25, -0.2) is 0 Å². The molecular formula is C22H18F6N2O2. The zero-order valence-electron chi connectivity index (χ0n) is 16.8. The smallest absolute Gasteiger partial charge is 0.417 e. The van der Waals surface area contributed by atoms with E-state index in [4.69, 9.17) is 20.0 Å². The van der Waals surface area contributed by atoms with E-state index < -0.39 is 40.7 Å². The van der Waals surface area contributed by atoms with E-state index in [-0.39, 0.29) is 18.1 Å². The maximum atomic E-state index is 13.0. The number of benzene rings is 2. The molecule has 170 valence electrons. The molecule has 0 amide bonds. The van der Waals surface area contributed by atoms with Crippen molar-refractivity contribution in [2.45, 2.75) is 44.6 Å². The summed E-state index contributed by atoms with van der Waals surface area (Å²) in [5.74, 6) is -0.0322. The van der Waals surface area contributed by atoms with Crippen LogP contribution in [0.3, 0.4) is 0 Å². The highest BCUT2D eigenvalue weighted by molar-refractivity contribution is 5.45. The second-order valence-corrected chi connectivity index (χ2v) is 6.91. The van der Waals surface area contributed by atoms with Gasteiger partial charge in [0.15, 0.2) is 0 Å². The van der Waals surface area contributed by atoms with Crippen molar-refractivity contribution in [3.63, 3.8) is 0 Å². The number of halogens is 6. The van der Waals surface area contributed by atoms with E-state index in [1.54, 1.807) is 6.92 Å². The van der Waals surface area contributed by atoms with Crippen LogP contribution in [0.2, 0.25) is 0 Å². The summed E-state index contributed by atoms with van der Waals surface area (Å²) in [6, 6.07) is 9.19. The average Bonchev–Trinajstić information content (AvgIpc) is 2.72. The summed E-state index contributed by atoms with van der Waals surface area (Å²) in [7, 11) is 0. The molecule has 0 saturated carbocycles. The predicted octanol–water partition coefficient (Wildman–Crippen LogP) is 6.48. The van der Waals surface area contributed by atoms with Crippen LogP contribution in [-0.4, -0.2) is 12.7 Å². The van der Waals surface area contributed by atoms with Crippen molar-refractivity contribution in [1.29, 1.82) is 10.5 Å². The van der Waals surface area contributed by atoms with Gasteiger partial charge < -0.3 is 9.47 Å². The first kappa shape index (κ1) is 24.9. The first-order valence-corrected chi connectivity index (χ1v) is 9.48. The Labute approximate surface area is 180 Å². The fraction of sp³-hybridized carbons (Fsp3) is 0.364. The van der Waals surface area contributed by atoms with Gasteiger partial charge in [-0.1, -0.05) is 0 Å². The standard InChI is InChI=1S/C22H18F6N2O2/c1-14(32-18-8-6-16(13-30)20(11-18)22(26,27)28)4-2-3-9-31-17-7-5-15(12-29)19(10-17)21(23,24)25/h5-8,10-11,14H,2-4,9H2,1H3. The third-order valence-electron chi connectivity index (χ3n) is 4.44. The molecule has 0 aliphatic carbocycles. The van der Waals surface area contributed by atoms with Crippen molar-refractivity contribution in [2.75, 3.05) is 6.61 Å². The normalized spacial score (nSPS) is 12.5. The molecule has 1 atom stereocenters. The number of hydrogen-bond donors (Lipinski definition) is 0. The van der Waals surface area contributed by atoms with Gasteiger partial charge in [0.25, 0.3) is 0 Å². The predicted molar refractivity (Wildman–Crippen MR) is 102 cm³/mol. The Balaban J connectivity index is 1.84. The number of rotatable bonds is 8. The van der Waals surface area contributed by atoms with Gasteiger partial charge in [-0.15, -0.1) is 0 Å². The second-order valence-electron chi connectivity index (χ2n) is 6.91. The molecule has 4 nitrogen and oxygen atoms in total. The van der Waals surface area contributed by atoms with Crippen LogP contribution in [-0.2, 0) is 12.4 Å². The molecule has 0 N–H and O–H groups in total. The van der Waals surface area contributed by atoms with Gasteiger partial charge in [-0.2, -0.15) is 36.9 Å². The number of alkyl halides is 6. The largest absolute Gasteiger partial charge is 0.494 e. The summed E-state index contributed by atoms with van der Waals surface area (Å²) < 4.78 is 88.7. The highest BCUT2D eigenvalue weighted by Gasteiger charge is 2.35. The SMILES string of the molecule is CC(CCCCOc1ccc(C#N)c(C(F)(F)F)c1)Oc1ccc(C#N)c(C(F)(F)F)c1. The van der Waals surface area contributed by atoms with Crippen molar-refractivity contribution in [3.8, 4) is 23.6 Å². The van der Waals surface area contributed by atoms with Gasteiger partial charge in [-0.05, 0) is 62.6 Å². The summed E-state index contributed by atoms with van der Waals surface area (Å²) >= 11 is 0. The molecule has 0 bridgehead atoms. The van der Waals surface area contributed by atoms with Gasteiger partial charge in [-0.3, -0.25) is 0 Å². The van der Waals surface area contributed by atoms with E-state index in [9.17, 15) is 26.3 Å².